The van der Waals surface area contributed by atoms with Gasteiger partial charge in [-0.15, -0.1) is 0 Å². The Morgan fingerprint density at radius 2 is 2.35 bits per heavy atom. The molecule has 1 atom stereocenters. The number of rotatable bonds is 6. The maximum absolute atomic E-state index is 11.2. The number of ether oxygens (including phenoxy) is 1. The van der Waals surface area contributed by atoms with Crippen LogP contribution in [-0.2, 0) is 4.79 Å². The molecule has 17 heavy (non-hydrogen) atoms. The molecule has 94 valence electrons. The number of carboxylic acid groups (broad SMARTS) is 1. The zero-order valence-electron chi connectivity index (χ0n) is 10.2. The number of aromatic nitrogens is 2. The van der Waals surface area contributed by atoms with Crippen molar-refractivity contribution in [1.29, 1.82) is 0 Å². The van der Waals surface area contributed by atoms with Gasteiger partial charge >= 0.3 is 5.97 Å². The first kappa shape index (κ1) is 13.2. The van der Waals surface area contributed by atoms with E-state index in [0.29, 0.717) is 12.3 Å². The summed E-state index contributed by atoms with van der Waals surface area (Å²) in [7, 11) is 1.49. The molecule has 0 spiro atoms. The first-order chi connectivity index (χ1) is 8.01. The van der Waals surface area contributed by atoms with Gasteiger partial charge in [0.25, 0.3) is 0 Å². The molecule has 6 heteroatoms. The molecule has 1 rings (SSSR count). The number of nitrogens with one attached hydrogen (secondary N) is 1. The van der Waals surface area contributed by atoms with E-state index in [1.54, 1.807) is 13.0 Å². The molecule has 6 nitrogen and oxygen atoms in total. The molecule has 1 unspecified atom stereocenters. The second-order valence-corrected chi connectivity index (χ2v) is 3.93. The van der Waals surface area contributed by atoms with Crippen LogP contribution >= 0.6 is 0 Å². The van der Waals surface area contributed by atoms with Crippen molar-refractivity contribution in [1.82, 2.24) is 9.97 Å². The van der Waals surface area contributed by atoms with Crippen LogP contribution in [0, 0.1) is 0 Å². The molecule has 0 aliphatic heterocycles. The molecule has 2 N–H and O–H groups in total. The highest BCUT2D eigenvalue weighted by Crippen LogP contribution is 2.19. The lowest BCUT2D eigenvalue weighted by Crippen LogP contribution is -2.43. The lowest BCUT2D eigenvalue weighted by atomic mass is 9.97. The summed E-state index contributed by atoms with van der Waals surface area (Å²) >= 11 is 0. The van der Waals surface area contributed by atoms with Gasteiger partial charge in [-0.2, -0.15) is 4.98 Å². The minimum atomic E-state index is -1.07. The minimum absolute atomic E-state index is 0.253. The van der Waals surface area contributed by atoms with E-state index >= 15 is 0 Å². The maximum atomic E-state index is 11.2. The quantitative estimate of drug-likeness (QED) is 0.783. The van der Waals surface area contributed by atoms with Crippen LogP contribution in [0.25, 0.3) is 0 Å². The SMILES string of the molecule is CCCC(C)(Nc1nccc(OC)n1)C(=O)O. The van der Waals surface area contributed by atoms with Crippen LogP contribution in [0.3, 0.4) is 0 Å². The molecular formula is C11H17N3O3. The standard InChI is InChI=1S/C11H17N3O3/c1-4-6-11(2,9(15)16)14-10-12-7-5-8(13-10)17-3/h5,7H,4,6H2,1-3H3,(H,15,16)(H,12,13,14). The summed E-state index contributed by atoms with van der Waals surface area (Å²) in [6.07, 6.45) is 2.76. The highest BCUT2D eigenvalue weighted by molar-refractivity contribution is 5.81. The van der Waals surface area contributed by atoms with Crippen LogP contribution in [0.5, 0.6) is 5.88 Å². The van der Waals surface area contributed by atoms with E-state index in [2.05, 4.69) is 15.3 Å². The number of carbonyl (C=O) groups is 1. The molecule has 0 bridgehead atoms. The summed E-state index contributed by atoms with van der Waals surface area (Å²) in [6.45, 7) is 3.54. The van der Waals surface area contributed by atoms with E-state index in [9.17, 15) is 9.90 Å². The van der Waals surface area contributed by atoms with Gasteiger partial charge < -0.3 is 15.2 Å². The summed E-state index contributed by atoms with van der Waals surface area (Å²) in [5.41, 5.74) is -1.07. The van der Waals surface area contributed by atoms with E-state index in [-0.39, 0.29) is 5.95 Å². The van der Waals surface area contributed by atoms with Crippen LogP contribution in [-0.4, -0.2) is 33.7 Å². The van der Waals surface area contributed by atoms with Crippen molar-refractivity contribution in [2.75, 3.05) is 12.4 Å². The minimum Gasteiger partial charge on any atom is -0.481 e. The van der Waals surface area contributed by atoms with Crippen LogP contribution in [0.1, 0.15) is 26.7 Å². The van der Waals surface area contributed by atoms with Crippen molar-refractivity contribution >= 4 is 11.9 Å². The highest BCUT2D eigenvalue weighted by Gasteiger charge is 2.32. The van der Waals surface area contributed by atoms with Gasteiger partial charge in [0, 0.05) is 12.3 Å². The highest BCUT2D eigenvalue weighted by atomic mass is 16.5. The second-order valence-electron chi connectivity index (χ2n) is 3.93. The average Bonchev–Trinajstić information content (AvgIpc) is 2.29. The Morgan fingerprint density at radius 1 is 1.65 bits per heavy atom. The lowest BCUT2D eigenvalue weighted by molar-refractivity contribution is -0.142. The summed E-state index contributed by atoms with van der Waals surface area (Å²) in [6, 6.07) is 1.60. The average molecular weight is 239 g/mol. The summed E-state index contributed by atoms with van der Waals surface area (Å²) in [5.74, 6) is -0.278. The van der Waals surface area contributed by atoms with Crippen molar-refractivity contribution in [3.05, 3.63) is 12.3 Å². The third-order valence-electron chi connectivity index (χ3n) is 2.45. The molecule has 0 fully saturated rings. The molecule has 0 saturated heterocycles. The van der Waals surface area contributed by atoms with Crippen molar-refractivity contribution < 1.29 is 14.6 Å². The zero-order valence-corrected chi connectivity index (χ0v) is 10.2. The second kappa shape index (κ2) is 5.47. The zero-order chi connectivity index (χ0) is 12.9. The van der Waals surface area contributed by atoms with Gasteiger partial charge in [0.2, 0.25) is 11.8 Å². The Kier molecular flexibility index (Phi) is 4.25. The van der Waals surface area contributed by atoms with E-state index in [1.807, 2.05) is 6.92 Å². The molecule has 0 radical (unpaired) electrons. The predicted octanol–water partition coefficient (Wildman–Crippen LogP) is 1.54. The molecule has 1 aromatic rings. The van der Waals surface area contributed by atoms with Crippen LogP contribution in [0.2, 0.25) is 0 Å². The van der Waals surface area contributed by atoms with Gasteiger partial charge in [-0.1, -0.05) is 13.3 Å². The van der Waals surface area contributed by atoms with Crippen molar-refractivity contribution in [3.63, 3.8) is 0 Å². The fourth-order valence-electron chi connectivity index (χ4n) is 1.49. The number of anilines is 1. The third-order valence-corrected chi connectivity index (χ3v) is 2.45. The first-order valence-corrected chi connectivity index (χ1v) is 5.40. The Labute approximate surface area is 100 Å². The monoisotopic (exact) mass is 239 g/mol. The molecule has 0 aliphatic carbocycles. The van der Waals surface area contributed by atoms with Gasteiger partial charge in [0.15, 0.2) is 0 Å². The van der Waals surface area contributed by atoms with Crippen molar-refractivity contribution in [2.24, 2.45) is 0 Å². The van der Waals surface area contributed by atoms with E-state index in [1.165, 1.54) is 13.3 Å². The predicted molar refractivity (Wildman–Crippen MR) is 63.2 cm³/mol. The number of hydrogen-bond donors (Lipinski definition) is 2. The maximum Gasteiger partial charge on any atom is 0.329 e. The van der Waals surface area contributed by atoms with Gasteiger partial charge in [0.05, 0.1) is 7.11 Å². The Hall–Kier alpha value is -1.85. The smallest absolute Gasteiger partial charge is 0.329 e. The van der Waals surface area contributed by atoms with Crippen LogP contribution in [0.15, 0.2) is 12.3 Å². The van der Waals surface area contributed by atoms with Crippen molar-refractivity contribution in [3.8, 4) is 5.88 Å². The number of aliphatic carboxylic acids is 1. The van der Waals surface area contributed by atoms with Gasteiger partial charge in [-0.05, 0) is 13.3 Å². The molecule has 0 saturated carbocycles. The third kappa shape index (κ3) is 3.30. The fraction of sp³-hybridized carbons (Fsp3) is 0.545. The van der Waals surface area contributed by atoms with Crippen LogP contribution in [0.4, 0.5) is 5.95 Å². The van der Waals surface area contributed by atoms with E-state index in [0.717, 1.165) is 6.42 Å². The molecular weight excluding hydrogens is 222 g/mol. The molecule has 0 amide bonds. The fourth-order valence-corrected chi connectivity index (χ4v) is 1.49. The summed E-state index contributed by atoms with van der Waals surface area (Å²) in [5, 5.41) is 12.0. The van der Waals surface area contributed by atoms with E-state index in [4.69, 9.17) is 4.74 Å². The number of methoxy groups -OCH3 is 1. The number of hydrogen-bond acceptors (Lipinski definition) is 5. The Balaban J connectivity index is 2.89. The number of nitrogens with zero attached hydrogens (tertiary/aromatic N) is 2. The Bertz CT molecular complexity index is 397. The van der Waals surface area contributed by atoms with Crippen LogP contribution < -0.4 is 10.1 Å². The van der Waals surface area contributed by atoms with Gasteiger partial charge in [-0.25, -0.2) is 9.78 Å². The van der Waals surface area contributed by atoms with Gasteiger partial charge in [0.1, 0.15) is 5.54 Å². The first-order valence-electron chi connectivity index (χ1n) is 5.40. The molecule has 1 aromatic heterocycles. The summed E-state index contributed by atoms with van der Waals surface area (Å²) in [4.78, 5) is 19.2. The van der Waals surface area contributed by atoms with Gasteiger partial charge in [-0.3, -0.25) is 0 Å². The number of carboxylic acids is 1. The Morgan fingerprint density at radius 3 is 2.88 bits per heavy atom. The molecule has 1 heterocycles. The summed E-state index contributed by atoms with van der Waals surface area (Å²) < 4.78 is 4.95. The van der Waals surface area contributed by atoms with E-state index < -0.39 is 11.5 Å². The molecule has 0 aromatic carbocycles. The van der Waals surface area contributed by atoms with Crippen molar-refractivity contribution in [2.45, 2.75) is 32.2 Å². The molecule has 0 aliphatic rings. The normalized spacial score (nSPS) is 13.8. The lowest BCUT2D eigenvalue weighted by Gasteiger charge is -2.25. The largest absolute Gasteiger partial charge is 0.481 e. The topological polar surface area (TPSA) is 84.3 Å².